The van der Waals surface area contributed by atoms with E-state index in [-0.39, 0.29) is 16.9 Å². The maximum absolute atomic E-state index is 12.7. The molecule has 150 valence electrons. The Morgan fingerprint density at radius 2 is 1.40 bits per heavy atom. The van der Waals surface area contributed by atoms with Crippen molar-refractivity contribution in [2.75, 3.05) is 6.73 Å². The number of nitrogens with zero attached hydrogens (tertiary/aromatic N) is 1. The first-order chi connectivity index (χ1) is 11.7. The molecule has 0 aromatic carbocycles. The third-order valence-electron chi connectivity index (χ3n) is 5.22. The maximum atomic E-state index is 12.7. The Bertz CT molecular complexity index is 347. The normalized spacial score (nSPS) is 13.6. The summed E-state index contributed by atoms with van der Waals surface area (Å²) in [4.78, 5) is 14.3. The molecule has 0 saturated heterocycles. The third-order valence-corrected chi connectivity index (χ3v) is 22.7. The molecule has 0 spiro atoms. The Morgan fingerprint density at radius 1 is 1.00 bits per heavy atom. The van der Waals surface area contributed by atoms with Crippen LogP contribution in [-0.2, 0) is 4.74 Å². The molecule has 0 aliphatic heterocycles. The second kappa shape index (κ2) is 12.4. The molecule has 1 amide bonds. The quantitative estimate of drug-likeness (QED) is 0.287. The van der Waals surface area contributed by atoms with Crippen LogP contribution in [0.25, 0.3) is 0 Å². The van der Waals surface area contributed by atoms with Crippen molar-refractivity contribution in [3.8, 4) is 0 Å². The van der Waals surface area contributed by atoms with Gasteiger partial charge >= 0.3 is 161 Å². The minimum atomic E-state index is -2.63. The first-order valence-corrected chi connectivity index (χ1v) is 18.0. The fourth-order valence-electron chi connectivity index (χ4n) is 3.58. The van der Waals surface area contributed by atoms with Crippen molar-refractivity contribution in [1.82, 2.24) is 4.90 Å². The molecule has 0 aromatic heterocycles. The molecule has 4 nitrogen and oxygen atoms in total. The number of amides is 1. The zero-order chi connectivity index (χ0) is 19.5. The van der Waals surface area contributed by atoms with Crippen LogP contribution in [0.15, 0.2) is 0 Å². The minimum absolute atomic E-state index is 0.179. The average Bonchev–Trinajstić information content (AvgIpc) is 2.53. The zero-order valence-electron chi connectivity index (χ0n) is 17.9. The van der Waals surface area contributed by atoms with Crippen LogP contribution in [0.4, 0.5) is 4.79 Å². The van der Waals surface area contributed by atoms with Gasteiger partial charge in [-0.2, -0.15) is 0 Å². The van der Waals surface area contributed by atoms with Crippen molar-refractivity contribution in [1.29, 1.82) is 0 Å². The van der Waals surface area contributed by atoms with Crippen molar-refractivity contribution in [3.63, 3.8) is 0 Å². The van der Waals surface area contributed by atoms with E-state index < -0.39 is 24.0 Å². The first kappa shape index (κ1) is 25.0. The Labute approximate surface area is 160 Å². The van der Waals surface area contributed by atoms with Crippen molar-refractivity contribution in [3.05, 3.63) is 0 Å². The van der Waals surface area contributed by atoms with Crippen molar-refractivity contribution in [2.45, 2.75) is 110 Å². The van der Waals surface area contributed by atoms with E-state index in [2.05, 4.69) is 27.7 Å². The number of carbonyl (C=O) groups excluding carboxylic acids is 1. The number of ether oxygens (including phenoxy) is 1. The van der Waals surface area contributed by atoms with Crippen LogP contribution in [0.3, 0.4) is 0 Å². The number of unbranched alkanes of at least 4 members (excludes halogenated alkanes) is 3. The summed E-state index contributed by atoms with van der Waals surface area (Å²) in [5.74, 6) is 0. The summed E-state index contributed by atoms with van der Waals surface area (Å²) < 4.78 is 9.69. The molecule has 0 heterocycles. The van der Waals surface area contributed by atoms with E-state index in [1.807, 2.05) is 20.8 Å². The van der Waals surface area contributed by atoms with Crippen LogP contribution in [0.5, 0.6) is 0 Å². The summed E-state index contributed by atoms with van der Waals surface area (Å²) >= 11 is -2.63. The Hall–Kier alpha value is 0.0287. The summed E-state index contributed by atoms with van der Waals surface area (Å²) in [5, 5.41) is 9.96. The van der Waals surface area contributed by atoms with E-state index >= 15 is 0 Å². The van der Waals surface area contributed by atoms with Gasteiger partial charge in [0.25, 0.3) is 0 Å². The molecule has 0 radical (unpaired) electrons. The van der Waals surface area contributed by atoms with E-state index in [0.29, 0.717) is 0 Å². The Morgan fingerprint density at radius 3 is 1.68 bits per heavy atom. The summed E-state index contributed by atoms with van der Waals surface area (Å²) in [6, 6.07) is 0. The van der Waals surface area contributed by atoms with Gasteiger partial charge in [-0.3, -0.25) is 0 Å². The van der Waals surface area contributed by atoms with Crippen molar-refractivity contribution >= 4 is 24.5 Å². The fraction of sp³-hybridized carbons (Fsp3) is 0.950. The predicted molar refractivity (Wildman–Crippen MR) is 110 cm³/mol. The topological polar surface area (TPSA) is 49.8 Å². The second-order valence-corrected chi connectivity index (χ2v) is 22.9. The summed E-state index contributed by atoms with van der Waals surface area (Å²) in [5.41, 5.74) is -0.529. The average molecular weight is 464 g/mol. The van der Waals surface area contributed by atoms with E-state index in [1.165, 1.54) is 51.8 Å². The summed E-state index contributed by atoms with van der Waals surface area (Å²) in [6.45, 7) is 14.3. The van der Waals surface area contributed by atoms with E-state index in [0.717, 1.165) is 0 Å². The van der Waals surface area contributed by atoms with Gasteiger partial charge in [0.2, 0.25) is 0 Å². The molecular weight excluding hydrogens is 421 g/mol. The van der Waals surface area contributed by atoms with E-state index in [1.54, 1.807) is 4.90 Å². The van der Waals surface area contributed by atoms with Crippen LogP contribution in [0.1, 0.15) is 87.0 Å². The standard InChI is InChI=1S/C8H16NO3.3C4H9.Sn/c1-5-9(6-10)7(11)12-8(2,3)4;3*1-3-4-2;/h5,10H,6H2,1-4H3;3*1,3-4H2,2H3;. The predicted octanol–water partition coefficient (Wildman–Crippen LogP) is 5.95. The number of aliphatic hydroxyl groups excluding tert-OH is 1. The van der Waals surface area contributed by atoms with Crippen LogP contribution in [0.2, 0.25) is 13.3 Å². The Kier molecular flexibility index (Phi) is 12.4. The van der Waals surface area contributed by atoms with E-state index in [4.69, 9.17) is 4.74 Å². The molecule has 1 atom stereocenters. The zero-order valence-corrected chi connectivity index (χ0v) is 20.7. The molecule has 0 aliphatic rings. The molecule has 25 heavy (non-hydrogen) atoms. The molecule has 1 N–H and O–H groups in total. The fourth-order valence-corrected chi connectivity index (χ4v) is 20.8. The van der Waals surface area contributed by atoms with Gasteiger partial charge in [0.05, 0.1) is 0 Å². The molecule has 0 saturated carbocycles. The first-order valence-electron chi connectivity index (χ1n) is 10.3. The molecule has 0 rings (SSSR count). The molecular formula is C20H43NO3Sn. The molecule has 5 heteroatoms. The SMILES string of the molecule is CCC[CH2][Sn]([CH2]CCC)([CH2]CCC)[CH](C)N(CO)C(=O)OC(C)(C)C. The van der Waals surface area contributed by atoms with Gasteiger partial charge in [0.1, 0.15) is 0 Å². The summed E-state index contributed by atoms with van der Waals surface area (Å²) in [7, 11) is 0. The number of carbonyl (C=O) groups is 1. The van der Waals surface area contributed by atoms with Crippen LogP contribution in [0, 0.1) is 0 Å². The molecule has 0 aromatic rings. The van der Waals surface area contributed by atoms with Crippen LogP contribution >= 0.6 is 0 Å². The van der Waals surface area contributed by atoms with E-state index in [9.17, 15) is 9.90 Å². The molecule has 0 bridgehead atoms. The number of rotatable bonds is 12. The van der Waals surface area contributed by atoms with Gasteiger partial charge in [-0.25, -0.2) is 0 Å². The third kappa shape index (κ3) is 8.98. The van der Waals surface area contributed by atoms with Gasteiger partial charge in [-0.05, 0) is 0 Å². The molecule has 1 unspecified atom stereocenters. The van der Waals surface area contributed by atoms with Crippen molar-refractivity contribution in [2.24, 2.45) is 0 Å². The van der Waals surface area contributed by atoms with Gasteiger partial charge in [-0.15, -0.1) is 0 Å². The van der Waals surface area contributed by atoms with Gasteiger partial charge in [0, 0.05) is 0 Å². The number of hydrogen-bond donors (Lipinski definition) is 1. The molecule has 0 aliphatic carbocycles. The molecule has 0 fully saturated rings. The van der Waals surface area contributed by atoms with Crippen molar-refractivity contribution < 1.29 is 14.6 Å². The monoisotopic (exact) mass is 465 g/mol. The second-order valence-electron chi connectivity index (χ2n) is 8.44. The van der Waals surface area contributed by atoms with Gasteiger partial charge in [0.15, 0.2) is 0 Å². The van der Waals surface area contributed by atoms with Crippen LogP contribution in [-0.4, -0.2) is 50.9 Å². The van der Waals surface area contributed by atoms with Gasteiger partial charge in [-0.1, -0.05) is 0 Å². The Balaban J connectivity index is 5.53. The summed E-state index contributed by atoms with van der Waals surface area (Å²) in [6.07, 6.45) is 7.01. The number of hydrogen-bond acceptors (Lipinski definition) is 3. The number of aliphatic hydroxyl groups is 1. The van der Waals surface area contributed by atoms with Crippen LogP contribution < -0.4 is 0 Å². The van der Waals surface area contributed by atoms with Gasteiger partial charge < -0.3 is 0 Å².